The van der Waals surface area contributed by atoms with Gasteiger partial charge in [-0.3, -0.25) is 4.79 Å². The van der Waals surface area contributed by atoms with E-state index in [-0.39, 0.29) is 18.6 Å². The van der Waals surface area contributed by atoms with E-state index in [0.29, 0.717) is 6.54 Å². The average Bonchev–Trinajstić information content (AvgIpc) is 2.75. The number of amides is 2. The molecule has 1 unspecified atom stereocenters. The predicted molar refractivity (Wildman–Crippen MR) is 52.4 cm³/mol. The summed E-state index contributed by atoms with van der Waals surface area (Å²) >= 11 is 0. The molecule has 1 rings (SSSR count). The summed E-state index contributed by atoms with van der Waals surface area (Å²) in [6.07, 6.45) is 1.53. The van der Waals surface area contributed by atoms with Gasteiger partial charge in [-0.1, -0.05) is 0 Å². The molecule has 1 aliphatic heterocycles. The minimum absolute atomic E-state index is 0.0700. The topological polar surface area (TPSA) is 76.7 Å². The number of hydrogen-bond acceptors (Lipinski definition) is 4. The van der Waals surface area contributed by atoms with Crippen LogP contribution in [-0.2, 0) is 14.3 Å². The second-order valence-electron chi connectivity index (χ2n) is 3.28. The van der Waals surface area contributed by atoms with Gasteiger partial charge in [-0.15, -0.1) is 0 Å². The molecule has 0 spiro atoms. The molecule has 15 heavy (non-hydrogen) atoms. The van der Waals surface area contributed by atoms with E-state index in [1.807, 2.05) is 0 Å². The predicted octanol–water partition coefficient (Wildman–Crippen LogP) is -0.362. The quantitative estimate of drug-likeness (QED) is 0.672. The van der Waals surface area contributed by atoms with E-state index < -0.39 is 6.09 Å². The molecule has 0 aromatic rings. The minimum atomic E-state index is -0.609. The highest BCUT2D eigenvalue weighted by Gasteiger charge is 2.16. The Hall–Kier alpha value is -1.30. The first-order valence-corrected chi connectivity index (χ1v) is 4.92. The first-order valence-electron chi connectivity index (χ1n) is 4.92. The van der Waals surface area contributed by atoms with Gasteiger partial charge in [0.1, 0.15) is 0 Å². The summed E-state index contributed by atoms with van der Waals surface area (Å²) in [6.45, 7) is 1.20. The van der Waals surface area contributed by atoms with Crippen molar-refractivity contribution in [1.29, 1.82) is 0 Å². The third kappa shape index (κ3) is 4.64. The molecule has 0 aromatic heterocycles. The van der Waals surface area contributed by atoms with Crippen LogP contribution < -0.4 is 10.6 Å². The molecule has 0 aromatic carbocycles. The summed E-state index contributed by atoms with van der Waals surface area (Å²) < 4.78 is 9.65. The molecule has 1 atom stereocenters. The summed E-state index contributed by atoms with van der Waals surface area (Å²) in [5.41, 5.74) is 0. The molecule has 1 saturated heterocycles. The van der Waals surface area contributed by atoms with Gasteiger partial charge < -0.3 is 20.1 Å². The molecule has 0 radical (unpaired) electrons. The number of ether oxygens (including phenoxy) is 2. The molecule has 6 nitrogen and oxygen atoms in total. The van der Waals surface area contributed by atoms with Crippen molar-refractivity contribution in [2.75, 3.05) is 26.8 Å². The number of hydrogen-bond donors (Lipinski definition) is 2. The van der Waals surface area contributed by atoms with Crippen molar-refractivity contribution in [3.8, 4) is 0 Å². The second kappa shape index (κ2) is 6.23. The van der Waals surface area contributed by atoms with E-state index in [1.165, 1.54) is 7.11 Å². The molecule has 1 heterocycles. The van der Waals surface area contributed by atoms with E-state index in [9.17, 15) is 9.59 Å². The zero-order valence-electron chi connectivity index (χ0n) is 8.75. The van der Waals surface area contributed by atoms with Crippen LogP contribution >= 0.6 is 0 Å². The normalized spacial score (nSPS) is 19.7. The molecule has 86 valence electrons. The maximum atomic E-state index is 11.2. The van der Waals surface area contributed by atoms with Crippen molar-refractivity contribution in [2.24, 2.45) is 0 Å². The van der Waals surface area contributed by atoms with Gasteiger partial charge in [-0.25, -0.2) is 4.79 Å². The Morgan fingerprint density at radius 3 is 2.87 bits per heavy atom. The van der Waals surface area contributed by atoms with Crippen molar-refractivity contribution in [3.05, 3.63) is 0 Å². The molecule has 0 bridgehead atoms. The fourth-order valence-electron chi connectivity index (χ4n) is 1.32. The molecular weight excluding hydrogens is 200 g/mol. The lowest BCUT2D eigenvalue weighted by Crippen LogP contribution is -2.39. The number of rotatable bonds is 4. The van der Waals surface area contributed by atoms with Crippen molar-refractivity contribution in [2.45, 2.75) is 18.9 Å². The monoisotopic (exact) mass is 216 g/mol. The summed E-state index contributed by atoms with van der Waals surface area (Å²) in [5.74, 6) is -0.240. The van der Waals surface area contributed by atoms with Crippen molar-refractivity contribution < 1.29 is 19.1 Å². The standard InChI is InChI=1S/C9H16N2O4/c1-14-9(13)11-6-8(12)10-5-7-3-2-4-15-7/h7H,2-6H2,1H3,(H,10,12)(H,11,13). The Labute approximate surface area is 88.3 Å². The van der Waals surface area contributed by atoms with Crippen LogP contribution in [0.5, 0.6) is 0 Å². The van der Waals surface area contributed by atoms with Crippen molar-refractivity contribution >= 4 is 12.0 Å². The Kier molecular flexibility index (Phi) is 4.89. The minimum Gasteiger partial charge on any atom is -0.453 e. The van der Waals surface area contributed by atoms with Crippen LogP contribution in [0.1, 0.15) is 12.8 Å². The third-order valence-electron chi connectivity index (χ3n) is 2.13. The number of methoxy groups -OCH3 is 1. The van der Waals surface area contributed by atoms with Crippen LogP contribution in [0.15, 0.2) is 0 Å². The molecule has 0 saturated carbocycles. The van der Waals surface area contributed by atoms with Crippen LogP contribution in [0.3, 0.4) is 0 Å². The number of carbonyl (C=O) groups excluding carboxylic acids is 2. The van der Waals surface area contributed by atoms with Crippen LogP contribution in [0.25, 0.3) is 0 Å². The van der Waals surface area contributed by atoms with E-state index in [1.54, 1.807) is 0 Å². The average molecular weight is 216 g/mol. The Morgan fingerprint density at radius 2 is 2.27 bits per heavy atom. The molecule has 1 aliphatic rings. The smallest absolute Gasteiger partial charge is 0.407 e. The lowest BCUT2D eigenvalue weighted by molar-refractivity contribution is -0.120. The van der Waals surface area contributed by atoms with E-state index in [0.717, 1.165) is 19.4 Å². The zero-order chi connectivity index (χ0) is 11.1. The van der Waals surface area contributed by atoms with Gasteiger partial charge in [0.25, 0.3) is 0 Å². The third-order valence-corrected chi connectivity index (χ3v) is 2.13. The summed E-state index contributed by atoms with van der Waals surface area (Å²) in [4.78, 5) is 21.8. The first kappa shape index (κ1) is 11.8. The van der Waals surface area contributed by atoms with Gasteiger partial charge in [0.15, 0.2) is 0 Å². The van der Waals surface area contributed by atoms with E-state index in [4.69, 9.17) is 4.74 Å². The maximum Gasteiger partial charge on any atom is 0.407 e. The summed E-state index contributed by atoms with van der Waals surface area (Å²) in [5, 5.41) is 4.96. The van der Waals surface area contributed by atoms with Gasteiger partial charge in [-0.2, -0.15) is 0 Å². The number of alkyl carbamates (subject to hydrolysis) is 1. The van der Waals surface area contributed by atoms with E-state index >= 15 is 0 Å². The van der Waals surface area contributed by atoms with Crippen LogP contribution in [0.4, 0.5) is 4.79 Å². The lowest BCUT2D eigenvalue weighted by Gasteiger charge is -2.10. The zero-order valence-corrected chi connectivity index (χ0v) is 8.75. The molecule has 2 N–H and O–H groups in total. The summed E-state index contributed by atoms with van der Waals surface area (Å²) in [7, 11) is 1.25. The van der Waals surface area contributed by atoms with Gasteiger partial charge in [0, 0.05) is 13.2 Å². The van der Waals surface area contributed by atoms with E-state index in [2.05, 4.69) is 15.4 Å². The fraction of sp³-hybridized carbons (Fsp3) is 0.778. The highest BCUT2D eigenvalue weighted by molar-refractivity contribution is 5.82. The van der Waals surface area contributed by atoms with Crippen LogP contribution in [-0.4, -0.2) is 44.9 Å². The molecule has 2 amide bonds. The number of carbonyl (C=O) groups is 2. The number of nitrogens with one attached hydrogen (secondary N) is 2. The Morgan fingerprint density at radius 1 is 1.47 bits per heavy atom. The SMILES string of the molecule is COC(=O)NCC(=O)NCC1CCCO1. The first-order chi connectivity index (χ1) is 7.22. The second-order valence-corrected chi connectivity index (χ2v) is 3.28. The Balaban J connectivity index is 2.05. The van der Waals surface area contributed by atoms with Crippen molar-refractivity contribution in [1.82, 2.24) is 10.6 Å². The highest BCUT2D eigenvalue weighted by atomic mass is 16.5. The van der Waals surface area contributed by atoms with Gasteiger partial charge in [0.05, 0.1) is 19.8 Å². The lowest BCUT2D eigenvalue weighted by atomic mass is 10.2. The molecular formula is C9H16N2O4. The molecule has 6 heteroatoms. The van der Waals surface area contributed by atoms with Gasteiger partial charge in [0.2, 0.25) is 5.91 Å². The fourth-order valence-corrected chi connectivity index (χ4v) is 1.32. The molecule has 0 aliphatic carbocycles. The van der Waals surface area contributed by atoms with Gasteiger partial charge in [-0.05, 0) is 12.8 Å². The molecule has 1 fully saturated rings. The van der Waals surface area contributed by atoms with Crippen LogP contribution in [0, 0.1) is 0 Å². The maximum absolute atomic E-state index is 11.2. The highest BCUT2D eigenvalue weighted by Crippen LogP contribution is 2.10. The summed E-state index contributed by atoms with van der Waals surface area (Å²) in [6, 6.07) is 0. The largest absolute Gasteiger partial charge is 0.453 e. The van der Waals surface area contributed by atoms with Gasteiger partial charge >= 0.3 is 6.09 Å². The van der Waals surface area contributed by atoms with Crippen molar-refractivity contribution in [3.63, 3.8) is 0 Å². The Bertz CT molecular complexity index is 226. The van der Waals surface area contributed by atoms with Crippen LogP contribution in [0.2, 0.25) is 0 Å².